The minimum atomic E-state index is -5.08. The van der Waals surface area contributed by atoms with Crippen molar-refractivity contribution >= 4 is 5.97 Å². The third kappa shape index (κ3) is 3.41. The summed E-state index contributed by atoms with van der Waals surface area (Å²) in [6, 6.07) is 0. The summed E-state index contributed by atoms with van der Waals surface area (Å²) in [4.78, 5) is 17.5. The molecular formula is C15H22F3N3O3. The number of ether oxygens (including phenoxy) is 1. The average molecular weight is 349 g/mol. The van der Waals surface area contributed by atoms with Crippen LogP contribution in [0.15, 0.2) is 12.4 Å². The van der Waals surface area contributed by atoms with E-state index in [1.54, 1.807) is 4.90 Å². The number of imidazole rings is 1. The first-order chi connectivity index (χ1) is 11.2. The lowest BCUT2D eigenvalue weighted by molar-refractivity contribution is -0.291. The molecule has 1 aliphatic rings. The lowest BCUT2D eigenvalue weighted by Crippen LogP contribution is -2.56. The molecule has 0 radical (unpaired) electrons. The number of carbonyl (C=O) groups excluding carboxylic acids is 1. The number of aromatic nitrogens is 2. The van der Waals surface area contributed by atoms with Gasteiger partial charge in [0, 0.05) is 26.0 Å². The Morgan fingerprint density at radius 3 is 2.46 bits per heavy atom. The second-order valence-electron chi connectivity index (χ2n) is 6.06. The van der Waals surface area contributed by atoms with E-state index in [-0.39, 0.29) is 6.54 Å². The summed E-state index contributed by atoms with van der Waals surface area (Å²) >= 11 is 0. The van der Waals surface area contributed by atoms with Gasteiger partial charge in [-0.15, -0.1) is 0 Å². The molecule has 1 N–H and O–H groups in total. The van der Waals surface area contributed by atoms with E-state index < -0.39 is 29.5 Å². The molecule has 0 spiro atoms. The predicted octanol–water partition coefficient (Wildman–Crippen LogP) is 1.45. The van der Waals surface area contributed by atoms with Crippen molar-refractivity contribution in [3.05, 3.63) is 18.2 Å². The van der Waals surface area contributed by atoms with E-state index in [1.165, 1.54) is 13.2 Å². The Hall–Kier alpha value is -1.61. The van der Waals surface area contributed by atoms with E-state index >= 15 is 0 Å². The average Bonchev–Trinajstić information content (AvgIpc) is 2.97. The van der Waals surface area contributed by atoms with Gasteiger partial charge in [-0.05, 0) is 25.9 Å². The first-order valence-corrected chi connectivity index (χ1v) is 7.79. The van der Waals surface area contributed by atoms with E-state index in [2.05, 4.69) is 9.72 Å². The highest BCUT2D eigenvalue weighted by atomic mass is 19.4. The van der Waals surface area contributed by atoms with Crippen LogP contribution in [0.3, 0.4) is 0 Å². The monoisotopic (exact) mass is 349 g/mol. The van der Waals surface area contributed by atoms with Gasteiger partial charge in [0.2, 0.25) is 5.60 Å². The van der Waals surface area contributed by atoms with E-state index in [0.717, 1.165) is 37.1 Å². The molecule has 24 heavy (non-hydrogen) atoms. The Balaban J connectivity index is 2.45. The van der Waals surface area contributed by atoms with Crippen LogP contribution in [-0.2, 0) is 22.2 Å². The van der Waals surface area contributed by atoms with Gasteiger partial charge >= 0.3 is 12.1 Å². The van der Waals surface area contributed by atoms with Crippen LogP contribution in [0, 0.1) is 5.92 Å². The van der Waals surface area contributed by atoms with Gasteiger partial charge in [-0.2, -0.15) is 13.2 Å². The Kier molecular flexibility index (Phi) is 5.54. The van der Waals surface area contributed by atoms with Crippen molar-refractivity contribution < 1.29 is 27.8 Å². The molecule has 1 fully saturated rings. The normalized spacial score (nSPS) is 20.4. The smallest absolute Gasteiger partial charge is 0.425 e. The summed E-state index contributed by atoms with van der Waals surface area (Å²) in [5.74, 6) is -3.55. The molecule has 0 saturated carbocycles. The van der Waals surface area contributed by atoms with Crippen LogP contribution in [0.25, 0.3) is 0 Å². The number of nitrogens with zero attached hydrogens (tertiary/aromatic N) is 3. The lowest BCUT2D eigenvalue weighted by Gasteiger charge is -2.38. The van der Waals surface area contributed by atoms with Crippen molar-refractivity contribution in [3.63, 3.8) is 0 Å². The minimum Gasteiger partial charge on any atom is -0.469 e. The molecule has 2 atom stereocenters. The Labute approximate surface area is 138 Å². The standard InChI is InChI=1S/C15H22F3N3O3/c1-20-9-6-19-13(20)14(23,15(16,17)18)11(12(22)24-2)10-21-7-4-3-5-8-21/h6,9,11,23H,3-5,7-8,10H2,1-2H3/t11-,14-/m1/s1. The highest BCUT2D eigenvalue weighted by Gasteiger charge is 2.64. The number of methoxy groups -OCH3 is 1. The summed E-state index contributed by atoms with van der Waals surface area (Å²) in [5.41, 5.74) is -3.42. The topological polar surface area (TPSA) is 67.6 Å². The Bertz CT molecular complexity index is 570. The zero-order chi connectivity index (χ0) is 18.0. The van der Waals surface area contributed by atoms with Gasteiger partial charge in [-0.1, -0.05) is 6.42 Å². The fourth-order valence-corrected chi connectivity index (χ4v) is 3.13. The minimum absolute atomic E-state index is 0.241. The Morgan fingerprint density at radius 2 is 2.00 bits per heavy atom. The molecule has 9 heteroatoms. The molecular weight excluding hydrogens is 327 g/mol. The molecule has 0 aromatic carbocycles. The number of piperidine rings is 1. The molecule has 6 nitrogen and oxygen atoms in total. The van der Waals surface area contributed by atoms with Gasteiger partial charge in [0.15, 0.2) is 5.82 Å². The molecule has 1 aliphatic heterocycles. The molecule has 0 unspecified atom stereocenters. The van der Waals surface area contributed by atoms with Crippen molar-refractivity contribution in [2.24, 2.45) is 13.0 Å². The summed E-state index contributed by atoms with van der Waals surface area (Å²) in [7, 11) is 2.36. The maximum absolute atomic E-state index is 13.8. The summed E-state index contributed by atoms with van der Waals surface area (Å²) in [6.07, 6.45) is 0.0626. The van der Waals surface area contributed by atoms with Crippen LogP contribution < -0.4 is 0 Å². The van der Waals surface area contributed by atoms with Crippen molar-refractivity contribution in [3.8, 4) is 0 Å². The van der Waals surface area contributed by atoms with Crippen LogP contribution in [0.2, 0.25) is 0 Å². The van der Waals surface area contributed by atoms with E-state index in [0.29, 0.717) is 13.1 Å². The molecule has 0 bridgehead atoms. The highest BCUT2D eigenvalue weighted by Crippen LogP contribution is 2.44. The second kappa shape index (κ2) is 7.10. The third-order valence-electron chi connectivity index (χ3n) is 4.47. The quantitative estimate of drug-likeness (QED) is 0.815. The lowest BCUT2D eigenvalue weighted by atomic mass is 9.84. The van der Waals surface area contributed by atoms with Crippen LogP contribution in [0.4, 0.5) is 13.2 Å². The molecule has 2 rings (SSSR count). The number of alkyl halides is 3. The number of rotatable bonds is 5. The largest absolute Gasteiger partial charge is 0.469 e. The zero-order valence-electron chi connectivity index (χ0n) is 13.7. The maximum Gasteiger partial charge on any atom is 0.425 e. The summed E-state index contributed by atoms with van der Waals surface area (Å²) in [6.45, 7) is 0.930. The van der Waals surface area contributed by atoms with Gasteiger partial charge in [-0.25, -0.2) is 4.98 Å². The zero-order valence-corrected chi connectivity index (χ0v) is 13.7. The van der Waals surface area contributed by atoms with Crippen molar-refractivity contribution in [1.29, 1.82) is 0 Å². The van der Waals surface area contributed by atoms with Gasteiger partial charge in [0.05, 0.1) is 7.11 Å². The van der Waals surface area contributed by atoms with Crippen LogP contribution in [0.5, 0.6) is 0 Å². The van der Waals surface area contributed by atoms with E-state index in [4.69, 9.17) is 0 Å². The molecule has 0 aliphatic carbocycles. The molecule has 136 valence electrons. The van der Waals surface area contributed by atoms with Crippen molar-refractivity contribution in [2.45, 2.75) is 31.0 Å². The second-order valence-corrected chi connectivity index (χ2v) is 6.06. The number of halogens is 3. The predicted molar refractivity (Wildman–Crippen MR) is 79.0 cm³/mol. The maximum atomic E-state index is 13.8. The number of aryl methyl sites for hydroxylation is 1. The first-order valence-electron chi connectivity index (χ1n) is 7.79. The van der Waals surface area contributed by atoms with Gasteiger partial charge < -0.3 is 19.3 Å². The molecule has 0 amide bonds. The van der Waals surface area contributed by atoms with Gasteiger partial charge in [-0.3, -0.25) is 4.79 Å². The van der Waals surface area contributed by atoms with Crippen molar-refractivity contribution in [2.75, 3.05) is 26.7 Å². The number of carbonyl (C=O) groups is 1. The number of esters is 1. The van der Waals surface area contributed by atoms with E-state index in [1.807, 2.05) is 0 Å². The van der Waals surface area contributed by atoms with Gasteiger partial charge in [0.25, 0.3) is 0 Å². The molecule has 2 heterocycles. The van der Waals surface area contributed by atoms with Gasteiger partial charge in [0.1, 0.15) is 5.92 Å². The number of likely N-dealkylation sites (tertiary alicyclic amines) is 1. The number of aliphatic hydroxyl groups is 1. The fraction of sp³-hybridized carbons (Fsp3) is 0.733. The number of hydrogen-bond acceptors (Lipinski definition) is 5. The molecule has 1 aromatic heterocycles. The third-order valence-corrected chi connectivity index (χ3v) is 4.47. The van der Waals surface area contributed by atoms with Crippen LogP contribution >= 0.6 is 0 Å². The first kappa shape index (κ1) is 18.7. The van der Waals surface area contributed by atoms with Crippen LogP contribution in [-0.4, -0.2) is 58.4 Å². The SMILES string of the molecule is COC(=O)[C@@H](CN1CCCCC1)[C@@](O)(c1nccn1C)C(F)(F)F. The molecule has 1 aromatic rings. The van der Waals surface area contributed by atoms with E-state index in [9.17, 15) is 23.1 Å². The Morgan fingerprint density at radius 1 is 1.38 bits per heavy atom. The summed E-state index contributed by atoms with van der Waals surface area (Å²) in [5, 5.41) is 10.6. The molecule has 1 saturated heterocycles. The van der Waals surface area contributed by atoms with Crippen molar-refractivity contribution in [1.82, 2.24) is 14.5 Å². The van der Waals surface area contributed by atoms with Crippen LogP contribution in [0.1, 0.15) is 25.1 Å². The fourth-order valence-electron chi connectivity index (χ4n) is 3.13. The number of hydrogen-bond donors (Lipinski definition) is 1. The summed E-state index contributed by atoms with van der Waals surface area (Å²) < 4.78 is 47.1. The highest BCUT2D eigenvalue weighted by molar-refractivity contribution is 5.74.